The van der Waals surface area contributed by atoms with Crippen LogP contribution >= 0.6 is 0 Å². The Morgan fingerprint density at radius 2 is 1.74 bits per heavy atom. The average Bonchev–Trinajstić information content (AvgIpc) is 3.20. The molecule has 1 aliphatic heterocycles. The minimum absolute atomic E-state index is 0.0617. The van der Waals surface area contributed by atoms with Gasteiger partial charge in [0, 0.05) is 34.6 Å². The first-order valence-corrected chi connectivity index (χ1v) is 11.5. The number of amides is 1. The van der Waals surface area contributed by atoms with Crippen molar-refractivity contribution < 1.29 is 19.4 Å². The Balaban J connectivity index is 1.48. The van der Waals surface area contributed by atoms with Crippen molar-refractivity contribution in [3.05, 3.63) is 107 Å². The summed E-state index contributed by atoms with van der Waals surface area (Å²) < 4.78 is 5.90. The summed E-state index contributed by atoms with van der Waals surface area (Å²) in [7, 11) is 0. The topological polar surface area (TPSA) is 82.6 Å². The molecule has 1 aliphatic rings. The van der Waals surface area contributed by atoms with E-state index in [0.29, 0.717) is 30.2 Å². The van der Waals surface area contributed by atoms with Crippen LogP contribution in [0.15, 0.2) is 85.1 Å². The number of para-hydroxylation sites is 1. The Labute approximate surface area is 203 Å². The number of ether oxygens (including phenoxy) is 1. The molecule has 3 aromatic carbocycles. The molecule has 0 radical (unpaired) electrons. The molecule has 0 saturated carbocycles. The van der Waals surface area contributed by atoms with Gasteiger partial charge in [-0.1, -0.05) is 68.4 Å². The van der Waals surface area contributed by atoms with E-state index in [-0.39, 0.29) is 11.5 Å². The summed E-state index contributed by atoms with van der Waals surface area (Å²) in [4.78, 5) is 30.7. The Morgan fingerprint density at radius 1 is 1.00 bits per heavy atom. The first-order chi connectivity index (χ1) is 16.8. The highest BCUT2D eigenvalue weighted by Gasteiger charge is 2.37. The zero-order valence-corrected chi connectivity index (χ0v) is 19.6. The normalized spacial score (nSPS) is 14.7. The lowest BCUT2D eigenvalue weighted by Gasteiger charge is -2.29. The third-order valence-corrected chi connectivity index (χ3v) is 6.32. The van der Waals surface area contributed by atoms with Gasteiger partial charge in [-0.3, -0.25) is 4.79 Å². The van der Waals surface area contributed by atoms with Gasteiger partial charge in [-0.05, 0) is 35.4 Å². The van der Waals surface area contributed by atoms with Gasteiger partial charge in [-0.25, -0.2) is 4.79 Å². The molecule has 4 aromatic rings. The molecule has 2 N–H and O–H groups in total. The maximum atomic E-state index is 13.6. The van der Waals surface area contributed by atoms with Crippen LogP contribution in [0.3, 0.4) is 0 Å². The van der Waals surface area contributed by atoms with E-state index in [0.717, 1.165) is 22.0 Å². The molecular weight excluding hydrogens is 440 g/mol. The summed E-state index contributed by atoms with van der Waals surface area (Å²) >= 11 is 0. The standard InChI is InChI=1S/C29H26N2O4/c1-29(2)18-31(16-23(28(33)34)26-25(29)22-13-6-7-14-24(22)30-26)27(32)20-11-8-12-21(15-20)35-17-19-9-4-3-5-10-19/h3-16,30H,17-18H2,1-2H3,(H,33,34). The number of carboxylic acid groups (broad SMARTS) is 1. The molecule has 35 heavy (non-hydrogen) atoms. The van der Waals surface area contributed by atoms with Crippen molar-refractivity contribution in [1.82, 2.24) is 9.88 Å². The van der Waals surface area contributed by atoms with Crippen LogP contribution in [0.2, 0.25) is 0 Å². The van der Waals surface area contributed by atoms with E-state index in [1.165, 1.54) is 11.1 Å². The fraction of sp³-hybridized carbons (Fsp3) is 0.172. The molecule has 2 heterocycles. The summed E-state index contributed by atoms with van der Waals surface area (Å²) in [6.07, 6.45) is 1.45. The molecule has 5 rings (SSSR count). The van der Waals surface area contributed by atoms with Crippen molar-refractivity contribution in [3.8, 4) is 5.75 Å². The number of H-pyrrole nitrogens is 1. The fourth-order valence-electron chi connectivity index (χ4n) is 4.74. The van der Waals surface area contributed by atoms with Crippen LogP contribution in [0.1, 0.15) is 41.0 Å². The molecule has 1 aromatic heterocycles. The maximum absolute atomic E-state index is 13.6. The number of hydrogen-bond acceptors (Lipinski definition) is 3. The first-order valence-electron chi connectivity index (χ1n) is 11.5. The molecule has 0 spiro atoms. The summed E-state index contributed by atoms with van der Waals surface area (Å²) in [5.74, 6) is -0.794. The van der Waals surface area contributed by atoms with Gasteiger partial charge >= 0.3 is 5.97 Å². The Hall–Kier alpha value is -4.32. The van der Waals surface area contributed by atoms with Gasteiger partial charge in [-0.15, -0.1) is 0 Å². The largest absolute Gasteiger partial charge is 0.489 e. The molecule has 6 nitrogen and oxygen atoms in total. The van der Waals surface area contributed by atoms with Gasteiger partial charge in [0.1, 0.15) is 12.4 Å². The zero-order chi connectivity index (χ0) is 24.6. The quantitative estimate of drug-likeness (QED) is 0.401. The Morgan fingerprint density at radius 3 is 2.51 bits per heavy atom. The van der Waals surface area contributed by atoms with Crippen LogP contribution in [-0.2, 0) is 16.8 Å². The van der Waals surface area contributed by atoms with Gasteiger partial charge in [0.2, 0.25) is 0 Å². The summed E-state index contributed by atoms with van der Waals surface area (Å²) in [6, 6.07) is 24.6. The Bertz CT molecular complexity index is 1450. The van der Waals surface area contributed by atoms with Crippen LogP contribution in [-0.4, -0.2) is 33.4 Å². The maximum Gasteiger partial charge on any atom is 0.339 e. The number of hydrogen-bond donors (Lipinski definition) is 2. The third kappa shape index (κ3) is 4.30. The van der Waals surface area contributed by atoms with Crippen LogP contribution in [0.4, 0.5) is 0 Å². The predicted octanol–water partition coefficient (Wildman–Crippen LogP) is 5.61. The fourth-order valence-corrected chi connectivity index (χ4v) is 4.74. The zero-order valence-electron chi connectivity index (χ0n) is 19.6. The number of rotatable bonds is 5. The van der Waals surface area contributed by atoms with E-state index in [1.54, 1.807) is 18.2 Å². The minimum Gasteiger partial charge on any atom is -0.489 e. The minimum atomic E-state index is -1.09. The third-order valence-electron chi connectivity index (χ3n) is 6.32. The second kappa shape index (κ2) is 8.80. The number of carbonyl (C=O) groups excluding carboxylic acids is 1. The Kier molecular flexibility index (Phi) is 5.65. The number of fused-ring (bicyclic) bond motifs is 3. The summed E-state index contributed by atoms with van der Waals surface area (Å²) in [6.45, 7) is 4.78. The van der Waals surface area contributed by atoms with Crippen molar-refractivity contribution in [2.75, 3.05) is 6.54 Å². The van der Waals surface area contributed by atoms with E-state index in [1.807, 2.05) is 74.5 Å². The van der Waals surface area contributed by atoms with Gasteiger partial charge in [0.15, 0.2) is 0 Å². The lowest BCUT2D eigenvalue weighted by molar-refractivity contribution is -0.130. The van der Waals surface area contributed by atoms with E-state index in [9.17, 15) is 14.7 Å². The molecule has 0 unspecified atom stereocenters. The number of aromatic amines is 1. The number of aromatic nitrogens is 1. The van der Waals surface area contributed by atoms with Crippen molar-refractivity contribution in [1.29, 1.82) is 0 Å². The lowest BCUT2D eigenvalue weighted by atomic mass is 9.81. The van der Waals surface area contributed by atoms with Crippen molar-refractivity contribution in [2.24, 2.45) is 0 Å². The second-order valence-corrected chi connectivity index (χ2v) is 9.39. The van der Waals surface area contributed by atoms with E-state index in [2.05, 4.69) is 4.98 Å². The number of carboxylic acids is 1. The molecule has 1 amide bonds. The van der Waals surface area contributed by atoms with Crippen molar-refractivity contribution >= 4 is 28.4 Å². The molecule has 176 valence electrons. The SMILES string of the molecule is CC1(C)CN(C(=O)c2cccc(OCc3ccccc3)c2)C=C(C(=O)O)c2[nH]c3ccccc3c21. The van der Waals surface area contributed by atoms with E-state index in [4.69, 9.17) is 4.74 Å². The number of nitrogens with one attached hydrogen (secondary N) is 1. The summed E-state index contributed by atoms with van der Waals surface area (Å²) in [5, 5.41) is 11.0. The highest BCUT2D eigenvalue weighted by atomic mass is 16.5. The van der Waals surface area contributed by atoms with Gasteiger partial charge in [0.25, 0.3) is 5.91 Å². The van der Waals surface area contributed by atoms with Crippen LogP contribution in [0, 0.1) is 0 Å². The average molecular weight is 467 g/mol. The van der Waals surface area contributed by atoms with Crippen LogP contribution in [0.25, 0.3) is 16.5 Å². The second-order valence-electron chi connectivity index (χ2n) is 9.39. The molecule has 0 aliphatic carbocycles. The van der Waals surface area contributed by atoms with E-state index >= 15 is 0 Å². The molecule has 0 saturated heterocycles. The predicted molar refractivity (Wildman–Crippen MR) is 135 cm³/mol. The molecule has 0 fully saturated rings. The highest BCUT2D eigenvalue weighted by Crippen LogP contribution is 2.40. The van der Waals surface area contributed by atoms with Gasteiger partial charge in [0.05, 0.1) is 11.3 Å². The van der Waals surface area contributed by atoms with Crippen molar-refractivity contribution in [3.63, 3.8) is 0 Å². The molecule has 6 heteroatoms. The van der Waals surface area contributed by atoms with Crippen molar-refractivity contribution in [2.45, 2.75) is 25.9 Å². The van der Waals surface area contributed by atoms with Crippen LogP contribution in [0.5, 0.6) is 5.75 Å². The number of benzene rings is 3. The number of nitrogens with zero attached hydrogens (tertiary/aromatic N) is 1. The lowest BCUT2D eigenvalue weighted by Crippen LogP contribution is -2.36. The van der Waals surface area contributed by atoms with Gasteiger partial charge < -0.3 is 19.7 Å². The van der Waals surface area contributed by atoms with Crippen LogP contribution < -0.4 is 4.74 Å². The van der Waals surface area contributed by atoms with E-state index < -0.39 is 11.4 Å². The highest BCUT2D eigenvalue weighted by molar-refractivity contribution is 6.17. The smallest absolute Gasteiger partial charge is 0.339 e. The molecular formula is C29H26N2O4. The molecule has 0 atom stereocenters. The molecule has 0 bridgehead atoms. The number of aliphatic carboxylic acids is 1. The number of carbonyl (C=O) groups is 2. The summed E-state index contributed by atoms with van der Waals surface area (Å²) in [5.41, 5.74) is 3.34. The first kappa shape index (κ1) is 22.5. The monoisotopic (exact) mass is 466 g/mol. The van der Waals surface area contributed by atoms with Gasteiger partial charge in [-0.2, -0.15) is 0 Å².